The third-order valence-corrected chi connectivity index (χ3v) is 3.55. The van der Waals surface area contributed by atoms with Gasteiger partial charge in [-0.25, -0.2) is 4.79 Å². The van der Waals surface area contributed by atoms with Gasteiger partial charge in [0, 0.05) is 17.7 Å². The highest BCUT2D eigenvalue weighted by Crippen LogP contribution is 2.26. The first-order valence-corrected chi connectivity index (χ1v) is 7.66. The third kappa shape index (κ3) is 3.99. The summed E-state index contributed by atoms with van der Waals surface area (Å²) in [7, 11) is 0. The van der Waals surface area contributed by atoms with Crippen LogP contribution in [0.5, 0.6) is 11.8 Å². The summed E-state index contributed by atoms with van der Waals surface area (Å²) in [6, 6.07) is 20.8. The van der Waals surface area contributed by atoms with Gasteiger partial charge >= 0.3 is 6.09 Å². The molecule has 0 saturated carbocycles. The summed E-state index contributed by atoms with van der Waals surface area (Å²) in [5.74, 6) is -0.838. The zero-order valence-electron chi connectivity index (χ0n) is 13.3. The van der Waals surface area contributed by atoms with E-state index in [0.717, 1.165) is 5.56 Å². The molecule has 1 unspecified atom stereocenters. The fourth-order valence-electron chi connectivity index (χ4n) is 2.30. The summed E-state index contributed by atoms with van der Waals surface area (Å²) in [6.45, 7) is 0.233. The number of aromatic hydroxyl groups is 2. The maximum atomic E-state index is 12.3. The number of ether oxygens (including phenoxy) is 2. The molecule has 0 fully saturated rings. The molecule has 1 aromatic heterocycles. The molecule has 0 saturated heterocycles. The topological polar surface area (TPSA) is 80.9 Å². The molecular formula is C19H17NO5. The molecule has 0 spiro atoms. The van der Waals surface area contributed by atoms with Gasteiger partial charge in [0.15, 0.2) is 0 Å². The average molecular weight is 339 g/mol. The fraction of sp³-hybridized carbons (Fsp3) is 0.105. The molecule has 0 radical (unpaired) electrons. The summed E-state index contributed by atoms with van der Waals surface area (Å²) < 4.78 is 11.7. The van der Waals surface area contributed by atoms with Crippen LogP contribution in [-0.2, 0) is 16.1 Å². The van der Waals surface area contributed by atoms with Crippen molar-refractivity contribution in [3.05, 3.63) is 83.9 Å². The Kier molecular flexibility index (Phi) is 5.01. The molecule has 25 heavy (non-hydrogen) atoms. The molecule has 3 aromatic rings. The highest BCUT2D eigenvalue weighted by atomic mass is 16.7. The second kappa shape index (κ2) is 7.55. The SMILES string of the molecule is O=C(OC(OCc1ccccc1)c1ccccc1)n1c(O)ccc1O. The standard InChI is InChI=1S/C19H17NO5/c21-16-11-12-17(22)20(16)19(23)25-18(15-9-5-2-6-10-15)24-13-14-7-3-1-4-8-14/h1-12,18,21-22H,13H2. The van der Waals surface area contributed by atoms with Gasteiger partial charge in [-0.1, -0.05) is 60.7 Å². The van der Waals surface area contributed by atoms with Gasteiger partial charge in [0.1, 0.15) is 0 Å². The summed E-state index contributed by atoms with van der Waals surface area (Å²) in [5, 5.41) is 19.3. The Morgan fingerprint density at radius 3 is 2.04 bits per heavy atom. The van der Waals surface area contributed by atoms with Gasteiger partial charge in [-0.2, -0.15) is 4.57 Å². The molecule has 2 N–H and O–H groups in total. The lowest BCUT2D eigenvalue weighted by atomic mass is 10.2. The third-order valence-electron chi connectivity index (χ3n) is 3.55. The fourth-order valence-corrected chi connectivity index (χ4v) is 2.30. The summed E-state index contributed by atoms with van der Waals surface area (Å²) in [6.07, 6.45) is -1.93. The van der Waals surface area contributed by atoms with E-state index < -0.39 is 24.1 Å². The number of hydrogen-bond donors (Lipinski definition) is 2. The summed E-state index contributed by atoms with van der Waals surface area (Å²) in [4.78, 5) is 12.3. The quantitative estimate of drug-likeness (QED) is 0.691. The first kappa shape index (κ1) is 16.6. The van der Waals surface area contributed by atoms with E-state index in [4.69, 9.17) is 9.47 Å². The molecule has 2 aromatic carbocycles. The van der Waals surface area contributed by atoms with Crippen LogP contribution in [0.2, 0.25) is 0 Å². The maximum Gasteiger partial charge on any atom is 0.426 e. The number of carbonyl (C=O) groups excluding carboxylic acids is 1. The van der Waals surface area contributed by atoms with Gasteiger partial charge in [0.05, 0.1) is 6.61 Å². The smallest absolute Gasteiger partial charge is 0.426 e. The zero-order valence-corrected chi connectivity index (χ0v) is 13.3. The molecule has 0 amide bonds. The Hall–Kier alpha value is -3.25. The second-order valence-corrected chi connectivity index (χ2v) is 5.31. The predicted molar refractivity (Wildman–Crippen MR) is 90.1 cm³/mol. The molecule has 0 aliphatic rings. The van der Waals surface area contributed by atoms with Crippen LogP contribution in [0.1, 0.15) is 17.4 Å². The molecule has 128 valence electrons. The van der Waals surface area contributed by atoms with Crippen molar-refractivity contribution >= 4 is 6.09 Å². The van der Waals surface area contributed by atoms with Gasteiger partial charge in [0.2, 0.25) is 18.1 Å². The summed E-state index contributed by atoms with van der Waals surface area (Å²) >= 11 is 0. The van der Waals surface area contributed by atoms with E-state index in [1.54, 1.807) is 24.3 Å². The number of rotatable bonds is 5. The van der Waals surface area contributed by atoms with Crippen molar-refractivity contribution in [3.8, 4) is 11.8 Å². The Morgan fingerprint density at radius 2 is 1.44 bits per heavy atom. The van der Waals surface area contributed by atoms with E-state index in [2.05, 4.69) is 0 Å². The van der Waals surface area contributed by atoms with Crippen LogP contribution in [0.3, 0.4) is 0 Å². The highest BCUT2D eigenvalue weighted by Gasteiger charge is 2.22. The Balaban J connectivity index is 1.78. The van der Waals surface area contributed by atoms with Crippen molar-refractivity contribution in [1.29, 1.82) is 0 Å². The number of nitrogens with zero attached hydrogens (tertiary/aromatic N) is 1. The van der Waals surface area contributed by atoms with Crippen LogP contribution < -0.4 is 0 Å². The van der Waals surface area contributed by atoms with Crippen LogP contribution in [0.25, 0.3) is 0 Å². The zero-order chi connectivity index (χ0) is 17.6. The minimum atomic E-state index is -0.991. The van der Waals surface area contributed by atoms with E-state index in [1.807, 2.05) is 36.4 Å². The van der Waals surface area contributed by atoms with Crippen molar-refractivity contribution in [2.45, 2.75) is 12.9 Å². The van der Waals surface area contributed by atoms with Crippen molar-refractivity contribution in [2.24, 2.45) is 0 Å². The highest BCUT2D eigenvalue weighted by molar-refractivity contribution is 5.74. The number of aromatic nitrogens is 1. The van der Waals surface area contributed by atoms with Crippen LogP contribution in [0, 0.1) is 0 Å². The van der Waals surface area contributed by atoms with E-state index in [9.17, 15) is 15.0 Å². The molecule has 6 nitrogen and oxygen atoms in total. The average Bonchev–Trinajstić information content (AvgIpc) is 2.98. The van der Waals surface area contributed by atoms with Crippen molar-refractivity contribution in [1.82, 2.24) is 4.57 Å². The first-order chi connectivity index (χ1) is 12.1. The van der Waals surface area contributed by atoms with Crippen molar-refractivity contribution in [2.75, 3.05) is 0 Å². The van der Waals surface area contributed by atoms with Crippen LogP contribution in [0.4, 0.5) is 4.79 Å². The van der Waals surface area contributed by atoms with Gasteiger partial charge < -0.3 is 19.7 Å². The van der Waals surface area contributed by atoms with Gasteiger partial charge in [-0.3, -0.25) is 0 Å². The molecule has 0 bridgehead atoms. The molecule has 6 heteroatoms. The number of carbonyl (C=O) groups is 1. The normalized spacial score (nSPS) is 11.8. The largest absolute Gasteiger partial charge is 0.494 e. The molecule has 1 atom stereocenters. The second-order valence-electron chi connectivity index (χ2n) is 5.31. The van der Waals surface area contributed by atoms with Gasteiger partial charge in [-0.05, 0) is 5.56 Å². The van der Waals surface area contributed by atoms with E-state index in [-0.39, 0.29) is 6.61 Å². The van der Waals surface area contributed by atoms with Gasteiger partial charge in [0.25, 0.3) is 0 Å². The van der Waals surface area contributed by atoms with Crippen molar-refractivity contribution in [3.63, 3.8) is 0 Å². The monoisotopic (exact) mass is 339 g/mol. The lowest BCUT2D eigenvalue weighted by Crippen LogP contribution is -2.19. The van der Waals surface area contributed by atoms with Crippen LogP contribution >= 0.6 is 0 Å². The minimum Gasteiger partial charge on any atom is -0.494 e. The molecule has 0 aliphatic carbocycles. The molecule has 3 rings (SSSR count). The molecule has 0 aliphatic heterocycles. The van der Waals surface area contributed by atoms with E-state index in [1.165, 1.54) is 12.1 Å². The van der Waals surface area contributed by atoms with E-state index in [0.29, 0.717) is 10.1 Å². The lowest BCUT2D eigenvalue weighted by Gasteiger charge is -2.19. The van der Waals surface area contributed by atoms with Crippen LogP contribution in [-0.4, -0.2) is 20.9 Å². The van der Waals surface area contributed by atoms with E-state index >= 15 is 0 Å². The van der Waals surface area contributed by atoms with Gasteiger partial charge in [-0.15, -0.1) is 0 Å². The summed E-state index contributed by atoms with van der Waals surface area (Å²) in [5.41, 5.74) is 1.56. The van der Waals surface area contributed by atoms with Crippen LogP contribution in [0.15, 0.2) is 72.8 Å². The van der Waals surface area contributed by atoms with Crippen molar-refractivity contribution < 1.29 is 24.5 Å². The number of benzene rings is 2. The predicted octanol–water partition coefficient (Wildman–Crippen LogP) is 3.80. The molecule has 1 heterocycles. The maximum absolute atomic E-state index is 12.3. The Labute approximate surface area is 144 Å². The lowest BCUT2D eigenvalue weighted by molar-refractivity contribution is -0.116. The molecular weight excluding hydrogens is 322 g/mol. The minimum absolute atomic E-state index is 0.233. The Morgan fingerprint density at radius 1 is 0.880 bits per heavy atom. The number of hydrogen-bond acceptors (Lipinski definition) is 5. The Bertz CT molecular complexity index is 810. The first-order valence-electron chi connectivity index (χ1n) is 7.66.